The maximum atomic E-state index is 5.69. The van der Waals surface area contributed by atoms with E-state index in [0.717, 1.165) is 18.9 Å². The summed E-state index contributed by atoms with van der Waals surface area (Å²) in [7, 11) is 2.07. The summed E-state index contributed by atoms with van der Waals surface area (Å²) in [6, 6.07) is 8.19. The molecule has 3 heteroatoms. The Labute approximate surface area is 84.2 Å². The van der Waals surface area contributed by atoms with Gasteiger partial charge in [-0.1, -0.05) is 24.3 Å². The van der Waals surface area contributed by atoms with Gasteiger partial charge in [0.1, 0.15) is 5.84 Å². The molecule has 0 fully saturated rings. The van der Waals surface area contributed by atoms with Gasteiger partial charge < -0.3 is 10.6 Å². The second-order valence-corrected chi connectivity index (χ2v) is 3.49. The molecule has 0 atom stereocenters. The van der Waals surface area contributed by atoms with Gasteiger partial charge in [0.25, 0.3) is 0 Å². The van der Waals surface area contributed by atoms with Crippen LogP contribution in [0.25, 0.3) is 0 Å². The lowest BCUT2D eigenvalue weighted by atomic mass is 10.1. The smallest absolute Gasteiger partial charge is 0.131 e. The van der Waals surface area contributed by atoms with Crippen LogP contribution in [0.4, 0.5) is 0 Å². The van der Waals surface area contributed by atoms with Crippen LogP contribution in [-0.4, -0.2) is 30.9 Å². The van der Waals surface area contributed by atoms with E-state index >= 15 is 0 Å². The lowest BCUT2D eigenvalue weighted by Crippen LogP contribution is -2.24. The first kappa shape index (κ1) is 9.21. The van der Waals surface area contributed by atoms with E-state index in [1.807, 2.05) is 12.1 Å². The summed E-state index contributed by atoms with van der Waals surface area (Å²) in [5, 5.41) is 0. The normalized spacial score (nSPS) is 15.9. The van der Waals surface area contributed by atoms with Crippen molar-refractivity contribution < 1.29 is 0 Å². The highest BCUT2D eigenvalue weighted by Crippen LogP contribution is 2.14. The number of rotatable bonds is 2. The van der Waals surface area contributed by atoms with E-state index in [2.05, 4.69) is 29.1 Å². The Morgan fingerprint density at radius 1 is 1.43 bits per heavy atom. The van der Waals surface area contributed by atoms with E-state index in [1.54, 1.807) is 0 Å². The summed E-state index contributed by atoms with van der Waals surface area (Å²) in [6.07, 6.45) is 0. The molecule has 0 aliphatic carbocycles. The molecule has 1 aromatic rings. The van der Waals surface area contributed by atoms with Crippen molar-refractivity contribution in [2.24, 2.45) is 10.7 Å². The Hall–Kier alpha value is -1.35. The van der Waals surface area contributed by atoms with E-state index in [1.165, 1.54) is 11.1 Å². The molecule has 74 valence electrons. The zero-order chi connectivity index (χ0) is 9.97. The van der Waals surface area contributed by atoms with Gasteiger partial charge in [0.15, 0.2) is 0 Å². The molecule has 0 bridgehead atoms. The van der Waals surface area contributed by atoms with Gasteiger partial charge in [-0.3, -0.25) is 4.99 Å². The zero-order valence-electron chi connectivity index (χ0n) is 8.40. The van der Waals surface area contributed by atoms with Crippen molar-refractivity contribution in [3.8, 4) is 0 Å². The second kappa shape index (κ2) is 3.80. The van der Waals surface area contributed by atoms with Crippen LogP contribution in [0.5, 0.6) is 0 Å². The third-order valence-corrected chi connectivity index (χ3v) is 2.54. The number of hydrogen-bond acceptors (Lipinski definition) is 3. The van der Waals surface area contributed by atoms with Crippen LogP contribution in [0.2, 0.25) is 0 Å². The predicted molar refractivity (Wildman–Crippen MR) is 58.4 cm³/mol. The summed E-state index contributed by atoms with van der Waals surface area (Å²) >= 11 is 0. The van der Waals surface area contributed by atoms with Crippen LogP contribution >= 0.6 is 0 Å². The fourth-order valence-electron chi connectivity index (χ4n) is 1.74. The Kier molecular flexibility index (Phi) is 2.50. The summed E-state index contributed by atoms with van der Waals surface area (Å²) in [5.74, 6) is 1.08. The standard InChI is InChI=1S/C11H15N3/c1-14-7-6-13-11(14)10-5-3-2-4-9(10)8-12/h2-5H,6-8,12H2,1H3. The molecule has 0 radical (unpaired) electrons. The molecule has 0 spiro atoms. The van der Waals surface area contributed by atoms with Crippen LogP contribution in [0.3, 0.4) is 0 Å². The molecule has 14 heavy (non-hydrogen) atoms. The Balaban J connectivity index is 2.40. The molecule has 0 amide bonds. The van der Waals surface area contributed by atoms with Gasteiger partial charge in [-0.2, -0.15) is 0 Å². The molecular weight excluding hydrogens is 174 g/mol. The van der Waals surface area contributed by atoms with Crippen LogP contribution in [0, 0.1) is 0 Å². The fraction of sp³-hybridized carbons (Fsp3) is 0.364. The Bertz CT molecular complexity index is 357. The molecule has 2 N–H and O–H groups in total. The third kappa shape index (κ3) is 1.51. The summed E-state index contributed by atoms with van der Waals surface area (Å²) in [6.45, 7) is 2.47. The molecule has 1 heterocycles. The van der Waals surface area contributed by atoms with E-state index < -0.39 is 0 Å². The van der Waals surface area contributed by atoms with Crippen LogP contribution in [0.15, 0.2) is 29.3 Å². The minimum Gasteiger partial charge on any atom is -0.358 e. The van der Waals surface area contributed by atoms with E-state index in [4.69, 9.17) is 5.73 Å². The molecule has 1 aliphatic rings. The summed E-state index contributed by atoms with van der Waals surface area (Å²) in [5.41, 5.74) is 8.03. The van der Waals surface area contributed by atoms with Gasteiger partial charge in [0.2, 0.25) is 0 Å². The van der Waals surface area contributed by atoms with Crippen molar-refractivity contribution in [1.82, 2.24) is 4.90 Å². The van der Waals surface area contributed by atoms with Crippen molar-refractivity contribution in [3.05, 3.63) is 35.4 Å². The number of hydrogen-bond donors (Lipinski definition) is 1. The largest absolute Gasteiger partial charge is 0.358 e. The van der Waals surface area contributed by atoms with E-state index in [-0.39, 0.29) is 0 Å². The zero-order valence-corrected chi connectivity index (χ0v) is 8.40. The minimum absolute atomic E-state index is 0.572. The fourth-order valence-corrected chi connectivity index (χ4v) is 1.74. The molecular formula is C11H15N3. The molecule has 0 saturated heterocycles. The number of benzene rings is 1. The van der Waals surface area contributed by atoms with Crippen molar-refractivity contribution in [2.75, 3.05) is 20.1 Å². The number of nitrogens with zero attached hydrogens (tertiary/aromatic N) is 2. The van der Waals surface area contributed by atoms with Crippen LogP contribution in [0.1, 0.15) is 11.1 Å². The average molecular weight is 189 g/mol. The first-order valence-electron chi connectivity index (χ1n) is 4.87. The van der Waals surface area contributed by atoms with Gasteiger partial charge >= 0.3 is 0 Å². The highest BCUT2D eigenvalue weighted by atomic mass is 15.2. The van der Waals surface area contributed by atoms with Gasteiger partial charge in [0, 0.05) is 25.7 Å². The summed E-state index contributed by atoms with van der Waals surface area (Å²) < 4.78 is 0. The van der Waals surface area contributed by atoms with E-state index in [0.29, 0.717) is 6.54 Å². The second-order valence-electron chi connectivity index (χ2n) is 3.49. The van der Waals surface area contributed by atoms with Crippen molar-refractivity contribution >= 4 is 5.84 Å². The SMILES string of the molecule is CN1CCN=C1c1ccccc1CN. The number of nitrogens with two attached hydrogens (primary N) is 1. The molecule has 1 aliphatic heterocycles. The highest BCUT2D eigenvalue weighted by Gasteiger charge is 2.16. The molecule has 2 rings (SSSR count). The first-order valence-corrected chi connectivity index (χ1v) is 4.87. The molecule has 0 unspecified atom stereocenters. The van der Waals surface area contributed by atoms with Gasteiger partial charge in [-0.05, 0) is 5.56 Å². The lowest BCUT2D eigenvalue weighted by molar-refractivity contribution is 0.556. The number of aliphatic imine (C=N–C) groups is 1. The van der Waals surface area contributed by atoms with Crippen LogP contribution in [-0.2, 0) is 6.54 Å². The first-order chi connectivity index (χ1) is 6.83. The lowest BCUT2D eigenvalue weighted by Gasteiger charge is -2.16. The maximum absolute atomic E-state index is 5.69. The van der Waals surface area contributed by atoms with Gasteiger partial charge in [-0.15, -0.1) is 0 Å². The Morgan fingerprint density at radius 3 is 2.86 bits per heavy atom. The number of amidine groups is 1. The van der Waals surface area contributed by atoms with Gasteiger partial charge in [0.05, 0.1) is 6.54 Å². The maximum Gasteiger partial charge on any atom is 0.131 e. The number of likely N-dealkylation sites (N-methyl/N-ethyl adjacent to an activating group) is 1. The topological polar surface area (TPSA) is 41.6 Å². The van der Waals surface area contributed by atoms with E-state index in [9.17, 15) is 0 Å². The quantitative estimate of drug-likeness (QED) is 0.749. The van der Waals surface area contributed by atoms with Crippen LogP contribution < -0.4 is 5.73 Å². The molecule has 3 nitrogen and oxygen atoms in total. The predicted octanol–water partition coefficient (Wildman–Crippen LogP) is 0.837. The monoisotopic (exact) mass is 189 g/mol. The summed E-state index contributed by atoms with van der Waals surface area (Å²) in [4.78, 5) is 6.66. The molecule has 0 aromatic heterocycles. The van der Waals surface area contributed by atoms with Crippen molar-refractivity contribution in [3.63, 3.8) is 0 Å². The Morgan fingerprint density at radius 2 is 2.21 bits per heavy atom. The van der Waals surface area contributed by atoms with Crippen molar-refractivity contribution in [2.45, 2.75) is 6.54 Å². The van der Waals surface area contributed by atoms with Gasteiger partial charge in [-0.25, -0.2) is 0 Å². The van der Waals surface area contributed by atoms with Crippen molar-refractivity contribution in [1.29, 1.82) is 0 Å². The average Bonchev–Trinajstić information content (AvgIpc) is 2.64. The third-order valence-electron chi connectivity index (χ3n) is 2.54. The molecule has 0 saturated carbocycles. The highest BCUT2D eigenvalue weighted by molar-refractivity contribution is 6.00. The molecule has 1 aromatic carbocycles. The minimum atomic E-state index is 0.572.